The number of para-hydroxylation sites is 3. The van der Waals surface area contributed by atoms with Gasteiger partial charge in [0.15, 0.2) is 17.5 Å². The van der Waals surface area contributed by atoms with Gasteiger partial charge in [-0.25, -0.2) is 15.0 Å². The molecule has 0 aliphatic heterocycles. The predicted molar refractivity (Wildman–Crippen MR) is 229 cm³/mol. The highest BCUT2D eigenvalue weighted by molar-refractivity contribution is 6.18. The highest BCUT2D eigenvalue weighted by atomic mass is 16.3. The lowest BCUT2D eigenvalue weighted by Crippen LogP contribution is -2.04. The molecule has 11 rings (SSSR count). The number of fused-ring (bicyclic) bond motifs is 6. The van der Waals surface area contributed by atoms with E-state index in [1.54, 1.807) is 0 Å². The number of rotatable bonds is 6. The number of hydrogen-bond donors (Lipinski definition) is 0. The molecule has 8 aromatic carbocycles. The average molecular weight is 717 g/mol. The molecule has 0 saturated heterocycles. The van der Waals surface area contributed by atoms with E-state index in [0.29, 0.717) is 17.5 Å². The highest BCUT2D eigenvalue weighted by Crippen LogP contribution is 2.46. The van der Waals surface area contributed by atoms with Crippen molar-refractivity contribution in [3.63, 3.8) is 0 Å². The molecule has 0 aliphatic carbocycles. The number of nitrogens with zero attached hydrogens (tertiary/aromatic N) is 4. The third-order valence-electron chi connectivity index (χ3n) is 10.7. The van der Waals surface area contributed by atoms with Crippen molar-refractivity contribution in [2.45, 2.75) is 0 Å². The van der Waals surface area contributed by atoms with Crippen LogP contribution in [0.5, 0.6) is 0 Å². The molecule has 0 spiro atoms. The van der Waals surface area contributed by atoms with Gasteiger partial charge in [-0.2, -0.15) is 0 Å². The summed E-state index contributed by atoms with van der Waals surface area (Å²) in [5, 5.41) is 4.28. The van der Waals surface area contributed by atoms with Gasteiger partial charge in [0.2, 0.25) is 0 Å². The van der Waals surface area contributed by atoms with Gasteiger partial charge in [-0.15, -0.1) is 0 Å². The fourth-order valence-electron chi connectivity index (χ4n) is 8.21. The molecule has 56 heavy (non-hydrogen) atoms. The molecule has 0 fully saturated rings. The predicted octanol–water partition coefficient (Wildman–Crippen LogP) is 13.2. The Kier molecular flexibility index (Phi) is 7.42. The second kappa shape index (κ2) is 13.0. The molecule has 0 saturated carbocycles. The van der Waals surface area contributed by atoms with E-state index < -0.39 is 0 Å². The van der Waals surface area contributed by atoms with Crippen LogP contribution in [0.2, 0.25) is 0 Å². The van der Waals surface area contributed by atoms with Crippen LogP contribution in [0.3, 0.4) is 0 Å². The molecule has 3 heterocycles. The first-order valence-corrected chi connectivity index (χ1v) is 18.8. The van der Waals surface area contributed by atoms with Crippen molar-refractivity contribution in [3.05, 3.63) is 194 Å². The fourth-order valence-corrected chi connectivity index (χ4v) is 8.21. The monoisotopic (exact) mass is 716 g/mol. The molecular weight excluding hydrogens is 685 g/mol. The lowest BCUT2D eigenvalue weighted by Gasteiger charge is -2.18. The minimum absolute atomic E-state index is 0.568. The summed E-state index contributed by atoms with van der Waals surface area (Å²) in [4.78, 5) is 15.7. The minimum Gasteiger partial charge on any atom is -0.456 e. The largest absolute Gasteiger partial charge is 0.456 e. The quantitative estimate of drug-likeness (QED) is 0.172. The van der Waals surface area contributed by atoms with E-state index in [9.17, 15) is 0 Å². The van der Waals surface area contributed by atoms with Crippen LogP contribution in [0.4, 0.5) is 0 Å². The summed E-state index contributed by atoms with van der Waals surface area (Å²) in [5.74, 6) is 1.77. The summed E-state index contributed by atoms with van der Waals surface area (Å²) in [5.41, 5.74) is 12.0. The van der Waals surface area contributed by atoms with Gasteiger partial charge in [0.05, 0.1) is 22.3 Å². The molecule has 0 atom stereocenters. The maximum Gasteiger partial charge on any atom is 0.166 e. The van der Waals surface area contributed by atoms with Crippen molar-refractivity contribution in [2.75, 3.05) is 0 Å². The van der Waals surface area contributed by atoms with Crippen LogP contribution in [0.15, 0.2) is 199 Å². The van der Waals surface area contributed by atoms with Crippen LogP contribution in [-0.4, -0.2) is 19.5 Å². The summed E-state index contributed by atoms with van der Waals surface area (Å²) < 4.78 is 8.98. The van der Waals surface area contributed by atoms with Crippen LogP contribution in [0, 0.1) is 0 Å². The highest BCUT2D eigenvalue weighted by Gasteiger charge is 2.25. The molecule has 0 unspecified atom stereocenters. The number of aromatic nitrogens is 4. The van der Waals surface area contributed by atoms with E-state index >= 15 is 0 Å². The second-order valence-corrected chi connectivity index (χ2v) is 13.9. The molecule has 0 amide bonds. The molecule has 0 N–H and O–H groups in total. The van der Waals surface area contributed by atoms with E-state index in [2.05, 4.69) is 126 Å². The average Bonchev–Trinajstić information content (AvgIpc) is 3.83. The van der Waals surface area contributed by atoms with E-state index in [1.807, 2.05) is 72.8 Å². The van der Waals surface area contributed by atoms with Crippen molar-refractivity contribution >= 4 is 43.7 Å². The van der Waals surface area contributed by atoms with E-state index in [-0.39, 0.29) is 0 Å². The molecule has 262 valence electrons. The second-order valence-electron chi connectivity index (χ2n) is 13.9. The van der Waals surface area contributed by atoms with Gasteiger partial charge >= 0.3 is 0 Å². The smallest absolute Gasteiger partial charge is 0.166 e. The third kappa shape index (κ3) is 5.13. The van der Waals surface area contributed by atoms with E-state index in [4.69, 9.17) is 19.4 Å². The van der Waals surface area contributed by atoms with Crippen molar-refractivity contribution in [2.24, 2.45) is 0 Å². The van der Waals surface area contributed by atoms with Crippen LogP contribution in [0.1, 0.15) is 0 Å². The molecule has 0 aliphatic rings. The molecule has 5 nitrogen and oxygen atoms in total. The van der Waals surface area contributed by atoms with Crippen LogP contribution < -0.4 is 0 Å². The van der Waals surface area contributed by atoms with Gasteiger partial charge in [0.25, 0.3) is 0 Å². The first kappa shape index (κ1) is 31.9. The molecule has 5 heteroatoms. The Labute approximate surface area is 322 Å². The van der Waals surface area contributed by atoms with Gasteiger partial charge in [-0.05, 0) is 41.0 Å². The Morgan fingerprint density at radius 2 is 0.893 bits per heavy atom. The van der Waals surface area contributed by atoms with Crippen molar-refractivity contribution in [3.8, 4) is 62.1 Å². The van der Waals surface area contributed by atoms with Crippen LogP contribution in [-0.2, 0) is 0 Å². The Morgan fingerprint density at radius 1 is 0.357 bits per heavy atom. The van der Waals surface area contributed by atoms with Crippen molar-refractivity contribution in [1.82, 2.24) is 19.5 Å². The maximum atomic E-state index is 6.57. The SMILES string of the molecule is c1ccc(-c2nc(-c3ccccc3)nc(-c3c(-n4c5ccccc5c5cccc(-c6ccccc6-c6ccccc6)c54)ccc4oc5ccccc5c34)n2)cc1. The van der Waals surface area contributed by atoms with Crippen LogP contribution in [0.25, 0.3) is 106 Å². The zero-order valence-electron chi connectivity index (χ0n) is 30.2. The minimum atomic E-state index is 0.568. The molecule has 0 bridgehead atoms. The van der Waals surface area contributed by atoms with Crippen molar-refractivity contribution < 1.29 is 4.42 Å². The van der Waals surface area contributed by atoms with Gasteiger partial charge in [-0.1, -0.05) is 170 Å². The zero-order chi connectivity index (χ0) is 37.0. The summed E-state index contributed by atoms with van der Waals surface area (Å²) in [6.45, 7) is 0. The Morgan fingerprint density at radius 3 is 1.61 bits per heavy atom. The lowest BCUT2D eigenvalue weighted by atomic mass is 9.93. The molecular formula is C51H32N4O. The van der Waals surface area contributed by atoms with E-state index in [1.165, 1.54) is 11.1 Å². The van der Waals surface area contributed by atoms with Crippen molar-refractivity contribution in [1.29, 1.82) is 0 Å². The number of hydrogen-bond acceptors (Lipinski definition) is 4. The summed E-state index contributed by atoms with van der Waals surface area (Å²) in [6.07, 6.45) is 0. The topological polar surface area (TPSA) is 56.7 Å². The Hall–Kier alpha value is -7.63. The summed E-state index contributed by atoms with van der Waals surface area (Å²) >= 11 is 0. The molecule has 3 aromatic heterocycles. The standard InChI is InChI=1S/C51H32N4O/c1-4-17-33(18-5-1)36-23-10-11-24-37(36)39-27-16-28-40-38-25-12-14-29-42(38)55(48(39)40)43-31-32-45-46(41-26-13-15-30-44(41)56-45)47(43)51-53-49(34-19-6-2-7-20-34)52-50(54-51)35-21-8-3-9-22-35/h1-32H. The first-order valence-electron chi connectivity index (χ1n) is 18.8. The lowest BCUT2D eigenvalue weighted by molar-refractivity contribution is 0.669. The molecule has 0 radical (unpaired) electrons. The van der Waals surface area contributed by atoms with Gasteiger partial charge in [0.1, 0.15) is 11.2 Å². The van der Waals surface area contributed by atoms with Gasteiger partial charge < -0.3 is 8.98 Å². The first-order chi connectivity index (χ1) is 27.8. The van der Waals surface area contributed by atoms with E-state index in [0.717, 1.165) is 77.2 Å². The zero-order valence-corrected chi connectivity index (χ0v) is 30.2. The maximum absolute atomic E-state index is 6.57. The number of furan rings is 1. The third-order valence-corrected chi connectivity index (χ3v) is 10.7. The van der Waals surface area contributed by atoms with Gasteiger partial charge in [0, 0.05) is 38.2 Å². The summed E-state index contributed by atoms with van der Waals surface area (Å²) in [6, 6.07) is 67.4. The van der Waals surface area contributed by atoms with Gasteiger partial charge in [-0.3, -0.25) is 0 Å². The Bertz CT molecular complexity index is 3180. The normalized spacial score (nSPS) is 11.6. The fraction of sp³-hybridized carbons (Fsp3) is 0. The number of benzene rings is 8. The Balaban J connectivity index is 1.30. The summed E-state index contributed by atoms with van der Waals surface area (Å²) in [7, 11) is 0. The molecule has 11 aromatic rings. The van der Waals surface area contributed by atoms with Crippen LogP contribution >= 0.6 is 0 Å².